The second-order valence-corrected chi connectivity index (χ2v) is 3.77. The number of aromatic nitrogens is 1. The van der Waals surface area contributed by atoms with Crippen molar-refractivity contribution >= 4 is 23.5 Å². The first kappa shape index (κ1) is 11.4. The number of nitro groups is 1. The Morgan fingerprint density at radius 3 is 2.80 bits per heavy atom. The molecule has 0 fully saturated rings. The molecule has 0 saturated carbocycles. The van der Waals surface area contributed by atoms with Gasteiger partial charge in [-0.1, -0.05) is 0 Å². The lowest BCUT2D eigenvalue weighted by atomic mass is 10.5. The van der Waals surface area contributed by atoms with Crippen LogP contribution in [0.25, 0.3) is 0 Å². The molecule has 1 aromatic heterocycles. The van der Waals surface area contributed by atoms with E-state index in [2.05, 4.69) is 4.98 Å². The fourth-order valence-corrected chi connectivity index (χ4v) is 1.63. The molecule has 1 aromatic rings. The average Bonchev–Trinajstić information content (AvgIpc) is 2.18. The molecular weight excluding hydrogens is 220 g/mol. The van der Waals surface area contributed by atoms with E-state index in [0.717, 1.165) is 4.90 Å². The molecule has 80 valence electrons. The van der Waals surface area contributed by atoms with Crippen molar-refractivity contribution < 1.29 is 14.8 Å². The first-order chi connectivity index (χ1) is 7.09. The summed E-state index contributed by atoms with van der Waals surface area (Å²) in [4.78, 5) is 24.2. The molecule has 1 N–H and O–H groups in total. The Morgan fingerprint density at radius 1 is 1.60 bits per heavy atom. The number of rotatable bonds is 5. The van der Waals surface area contributed by atoms with Crippen LogP contribution in [0, 0.1) is 10.1 Å². The van der Waals surface area contributed by atoms with E-state index in [0.29, 0.717) is 5.75 Å². The van der Waals surface area contributed by atoms with E-state index in [9.17, 15) is 14.9 Å². The highest BCUT2D eigenvalue weighted by Gasteiger charge is 2.06. The molecule has 0 bridgehead atoms. The molecule has 6 nitrogen and oxygen atoms in total. The zero-order chi connectivity index (χ0) is 11.3. The largest absolute Gasteiger partial charge is 0.481 e. The van der Waals surface area contributed by atoms with Gasteiger partial charge in [0.25, 0.3) is 0 Å². The number of carboxylic acid groups (broad SMARTS) is 1. The maximum atomic E-state index is 10.3. The minimum atomic E-state index is -0.864. The first-order valence-electron chi connectivity index (χ1n) is 4.04. The van der Waals surface area contributed by atoms with Crippen molar-refractivity contribution in [2.24, 2.45) is 0 Å². The normalized spacial score (nSPS) is 9.87. The van der Waals surface area contributed by atoms with Gasteiger partial charge < -0.3 is 15.2 Å². The van der Waals surface area contributed by atoms with Crippen LogP contribution in [0.4, 0.5) is 5.82 Å². The van der Waals surface area contributed by atoms with Gasteiger partial charge in [-0.05, 0) is 16.0 Å². The minimum Gasteiger partial charge on any atom is -0.481 e. The summed E-state index contributed by atoms with van der Waals surface area (Å²) in [6, 6.07) is 2.85. The summed E-state index contributed by atoms with van der Waals surface area (Å²) < 4.78 is 0. The Morgan fingerprint density at radius 2 is 2.33 bits per heavy atom. The minimum absolute atomic E-state index is 0.0572. The van der Waals surface area contributed by atoms with Gasteiger partial charge in [0.2, 0.25) is 0 Å². The molecule has 7 heteroatoms. The highest BCUT2D eigenvalue weighted by atomic mass is 32.2. The van der Waals surface area contributed by atoms with Crippen molar-refractivity contribution in [1.82, 2.24) is 4.98 Å². The molecule has 0 saturated heterocycles. The Bertz CT molecular complexity index is 365. The van der Waals surface area contributed by atoms with Gasteiger partial charge in [0.1, 0.15) is 0 Å². The van der Waals surface area contributed by atoms with Crippen LogP contribution in [0.5, 0.6) is 0 Å². The summed E-state index contributed by atoms with van der Waals surface area (Å²) >= 11 is 1.30. The topological polar surface area (TPSA) is 93.3 Å². The third-order valence-electron chi connectivity index (χ3n) is 1.49. The molecule has 1 heterocycles. The predicted molar refractivity (Wildman–Crippen MR) is 53.9 cm³/mol. The van der Waals surface area contributed by atoms with E-state index in [1.807, 2.05) is 0 Å². The van der Waals surface area contributed by atoms with E-state index in [1.165, 1.54) is 24.0 Å². The highest BCUT2D eigenvalue weighted by molar-refractivity contribution is 7.99. The van der Waals surface area contributed by atoms with Crippen molar-refractivity contribution in [3.63, 3.8) is 0 Å². The average molecular weight is 228 g/mol. The number of hydrogen-bond acceptors (Lipinski definition) is 5. The molecule has 0 radical (unpaired) electrons. The Labute approximate surface area is 89.5 Å². The SMILES string of the molecule is O=C(O)CCSc1ccc([N+](=O)[O-])nc1. The summed E-state index contributed by atoms with van der Waals surface area (Å²) in [6.07, 6.45) is 1.42. The standard InChI is InChI=1S/C8H8N2O4S/c11-8(12)3-4-15-6-1-2-7(9-5-6)10(13)14/h1-2,5H,3-4H2,(H,11,12). The maximum absolute atomic E-state index is 10.3. The lowest BCUT2D eigenvalue weighted by Gasteiger charge is -1.96. The summed E-state index contributed by atoms with van der Waals surface area (Å²) in [7, 11) is 0. The summed E-state index contributed by atoms with van der Waals surface area (Å²) in [5.74, 6) is -0.649. The molecule has 1 rings (SSSR count). The van der Waals surface area contributed by atoms with Crippen molar-refractivity contribution in [3.8, 4) is 0 Å². The van der Waals surface area contributed by atoms with Crippen LogP contribution in [-0.4, -0.2) is 26.7 Å². The van der Waals surface area contributed by atoms with Crippen LogP contribution in [0.15, 0.2) is 23.2 Å². The number of nitrogens with zero attached hydrogens (tertiary/aromatic N) is 2. The molecule has 0 atom stereocenters. The van der Waals surface area contributed by atoms with Gasteiger partial charge >= 0.3 is 11.8 Å². The van der Waals surface area contributed by atoms with Gasteiger partial charge in [0, 0.05) is 11.8 Å². The molecular formula is C8H8N2O4S. The van der Waals surface area contributed by atoms with Crippen LogP contribution in [-0.2, 0) is 4.79 Å². The van der Waals surface area contributed by atoms with Gasteiger partial charge in [-0.2, -0.15) is 0 Å². The van der Waals surface area contributed by atoms with Crippen molar-refractivity contribution in [2.45, 2.75) is 11.3 Å². The summed E-state index contributed by atoms with van der Waals surface area (Å²) in [6.45, 7) is 0. The van der Waals surface area contributed by atoms with Gasteiger partial charge in [-0.15, -0.1) is 11.8 Å². The molecule has 0 aliphatic carbocycles. The molecule has 0 aliphatic heterocycles. The zero-order valence-corrected chi connectivity index (χ0v) is 8.44. The fraction of sp³-hybridized carbons (Fsp3) is 0.250. The second kappa shape index (κ2) is 5.30. The Kier molecular flexibility index (Phi) is 4.04. The molecule has 0 aromatic carbocycles. The van der Waals surface area contributed by atoms with Crippen LogP contribution in [0.1, 0.15) is 6.42 Å². The second-order valence-electron chi connectivity index (χ2n) is 2.60. The smallest absolute Gasteiger partial charge is 0.363 e. The number of thioether (sulfide) groups is 1. The molecule has 0 amide bonds. The van der Waals surface area contributed by atoms with Crippen LogP contribution >= 0.6 is 11.8 Å². The quantitative estimate of drug-likeness (QED) is 0.467. The van der Waals surface area contributed by atoms with Gasteiger partial charge in [0.05, 0.1) is 11.3 Å². The number of pyridine rings is 1. The number of carboxylic acids is 1. The number of aliphatic carboxylic acids is 1. The van der Waals surface area contributed by atoms with E-state index in [-0.39, 0.29) is 12.2 Å². The first-order valence-corrected chi connectivity index (χ1v) is 5.03. The van der Waals surface area contributed by atoms with Crippen molar-refractivity contribution in [3.05, 3.63) is 28.4 Å². The van der Waals surface area contributed by atoms with Gasteiger partial charge in [0.15, 0.2) is 6.20 Å². The fourth-order valence-electron chi connectivity index (χ4n) is 0.822. The van der Waals surface area contributed by atoms with Crippen LogP contribution in [0.3, 0.4) is 0 Å². The molecule has 0 spiro atoms. The lowest BCUT2D eigenvalue weighted by molar-refractivity contribution is -0.389. The summed E-state index contributed by atoms with van der Waals surface area (Å²) in [5.41, 5.74) is 0. The Hall–Kier alpha value is -1.63. The van der Waals surface area contributed by atoms with Crippen molar-refractivity contribution in [2.75, 3.05) is 5.75 Å². The van der Waals surface area contributed by atoms with E-state index < -0.39 is 10.9 Å². The molecule has 15 heavy (non-hydrogen) atoms. The number of hydrogen-bond donors (Lipinski definition) is 1. The van der Waals surface area contributed by atoms with E-state index >= 15 is 0 Å². The van der Waals surface area contributed by atoms with E-state index in [4.69, 9.17) is 5.11 Å². The predicted octanol–water partition coefficient (Wildman–Crippen LogP) is 1.56. The third kappa shape index (κ3) is 3.94. The maximum Gasteiger partial charge on any atom is 0.363 e. The van der Waals surface area contributed by atoms with Gasteiger partial charge in [-0.3, -0.25) is 4.79 Å². The highest BCUT2D eigenvalue weighted by Crippen LogP contribution is 2.19. The van der Waals surface area contributed by atoms with E-state index in [1.54, 1.807) is 6.07 Å². The number of carbonyl (C=O) groups is 1. The zero-order valence-electron chi connectivity index (χ0n) is 7.62. The summed E-state index contributed by atoms with van der Waals surface area (Å²) in [5, 5.41) is 18.7. The third-order valence-corrected chi connectivity index (χ3v) is 2.48. The monoisotopic (exact) mass is 228 g/mol. The molecule has 0 aliphatic rings. The van der Waals surface area contributed by atoms with Crippen LogP contribution < -0.4 is 0 Å². The lowest BCUT2D eigenvalue weighted by Crippen LogP contribution is -1.96. The molecule has 0 unspecified atom stereocenters. The van der Waals surface area contributed by atoms with Crippen molar-refractivity contribution in [1.29, 1.82) is 0 Å². The Balaban J connectivity index is 2.50. The van der Waals surface area contributed by atoms with Gasteiger partial charge in [-0.25, -0.2) is 0 Å². The van der Waals surface area contributed by atoms with Crippen LogP contribution in [0.2, 0.25) is 0 Å².